The van der Waals surface area contributed by atoms with Crippen molar-refractivity contribution in [2.45, 2.75) is 51.4 Å². The molecule has 1 N–H and O–H groups in total. The molecule has 1 aromatic rings. The van der Waals surface area contributed by atoms with Gasteiger partial charge in [-0.15, -0.1) is 21.5 Å². The molecule has 3 nitrogen and oxygen atoms in total. The summed E-state index contributed by atoms with van der Waals surface area (Å²) in [5.41, 5.74) is 0. The summed E-state index contributed by atoms with van der Waals surface area (Å²) < 4.78 is 0. The van der Waals surface area contributed by atoms with Gasteiger partial charge in [0.2, 0.25) is 0 Å². The van der Waals surface area contributed by atoms with Crippen LogP contribution in [-0.2, 0) is 6.42 Å². The lowest BCUT2D eigenvalue weighted by Crippen LogP contribution is -2.16. The maximum Gasteiger partial charge on any atom is 0.120 e. The highest BCUT2D eigenvalue weighted by Crippen LogP contribution is 2.57. The highest BCUT2D eigenvalue weighted by Gasteiger charge is 2.47. The topological polar surface area (TPSA) is 37.8 Å². The van der Waals surface area contributed by atoms with Gasteiger partial charge in [-0.2, -0.15) is 0 Å². The number of hydrogen-bond donors (Lipinski definition) is 1. The highest BCUT2D eigenvalue weighted by atomic mass is 32.1. The molecule has 0 amide bonds. The van der Waals surface area contributed by atoms with Crippen LogP contribution in [0.1, 0.15) is 55.0 Å². The van der Waals surface area contributed by atoms with E-state index in [1.165, 1.54) is 42.1 Å². The Labute approximate surface area is 113 Å². The molecule has 2 fully saturated rings. The van der Waals surface area contributed by atoms with Crippen molar-refractivity contribution in [3.05, 3.63) is 10.0 Å². The second-order valence-electron chi connectivity index (χ2n) is 5.81. The van der Waals surface area contributed by atoms with Crippen molar-refractivity contribution in [2.75, 3.05) is 13.1 Å². The minimum Gasteiger partial charge on any atom is -0.317 e. The molecule has 0 aliphatic heterocycles. The molecule has 0 aromatic carbocycles. The number of nitrogens with zero attached hydrogens (tertiary/aromatic N) is 2. The minimum atomic E-state index is 0.748. The van der Waals surface area contributed by atoms with Gasteiger partial charge in [-0.3, -0.25) is 0 Å². The number of fused-ring (bicyclic) bond motifs is 1. The Balaban J connectivity index is 1.42. The first-order valence-corrected chi connectivity index (χ1v) is 8.21. The number of aryl methyl sites for hydroxylation is 1. The van der Waals surface area contributed by atoms with E-state index in [9.17, 15) is 0 Å². The van der Waals surface area contributed by atoms with Gasteiger partial charge in [0.1, 0.15) is 10.0 Å². The van der Waals surface area contributed by atoms with Crippen molar-refractivity contribution in [3.63, 3.8) is 0 Å². The molecule has 1 heterocycles. The van der Waals surface area contributed by atoms with Crippen molar-refractivity contribution in [1.29, 1.82) is 0 Å². The summed E-state index contributed by atoms with van der Waals surface area (Å²) in [5.74, 6) is 2.83. The van der Waals surface area contributed by atoms with Crippen LogP contribution in [0.25, 0.3) is 0 Å². The monoisotopic (exact) mass is 265 g/mol. The summed E-state index contributed by atoms with van der Waals surface area (Å²) >= 11 is 1.87. The van der Waals surface area contributed by atoms with E-state index in [2.05, 4.69) is 22.4 Å². The van der Waals surface area contributed by atoms with E-state index in [1.807, 2.05) is 11.3 Å². The Kier molecular flexibility index (Phi) is 3.94. The van der Waals surface area contributed by atoms with E-state index < -0.39 is 0 Å². The highest BCUT2D eigenvalue weighted by molar-refractivity contribution is 7.11. The van der Waals surface area contributed by atoms with Gasteiger partial charge in [0.25, 0.3) is 0 Å². The molecule has 100 valence electrons. The summed E-state index contributed by atoms with van der Waals surface area (Å²) in [4.78, 5) is 0. The summed E-state index contributed by atoms with van der Waals surface area (Å²) in [6, 6.07) is 0. The van der Waals surface area contributed by atoms with Gasteiger partial charge < -0.3 is 5.32 Å². The quantitative estimate of drug-likeness (QED) is 0.770. The Morgan fingerprint density at radius 2 is 2.00 bits per heavy atom. The molecule has 3 rings (SSSR count). The molecule has 2 saturated carbocycles. The molecular weight excluding hydrogens is 242 g/mol. The zero-order chi connectivity index (χ0) is 12.4. The van der Waals surface area contributed by atoms with Crippen LogP contribution in [0.3, 0.4) is 0 Å². The predicted octanol–water partition coefficient (Wildman–Crippen LogP) is 2.98. The first-order chi connectivity index (χ1) is 8.86. The normalized spacial score (nSPS) is 29.5. The lowest BCUT2D eigenvalue weighted by molar-refractivity contribution is 0.613. The zero-order valence-electron chi connectivity index (χ0n) is 11.2. The lowest BCUT2D eigenvalue weighted by atomic mass is 10.1. The summed E-state index contributed by atoms with van der Waals surface area (Å²) in [5, 5.41) is 14.8. The minimum absolute atomic E-state index is 0.748. The number of aromatic nitrogens is 2. The van der Waals surface area contributed by atoms with Crippen LogP contribution < -0.4 is 5.32 Å². The standard InChI is InChI=1S/C14H23N3S/c1-2-5-15-6-3-4-13-16-17-14(18-13)12-8-10-7-11(10)9-12/h10-12,15H,2-9H2,1H3. The Hall–Kier alpha value is -0.480. The maximum atomic E-state index is 4.42. The smallest absolute Gasteiger partial charge is 0.120 e. The molecule has 0 spiro atoms. The van der Waals surface area contributed by atoms with E-state index in [-0.39, 0.29) is 0 Å². The average Bonchev–Trinajstić information content (AvgIpc) is 2.82. The van der Waals surface area contributed by atoms with Crippen LogP contribution in [0.5, 0.6) is 0 Å². The van der Waals surface area contributed by atoms with Crippen LogP contribution in [0.15, 0.2) is 0 Å². The van der Waals surface area contributed by atoms with Gasteiger partial charge in [-0.25, -0.2) is 0 Å². The van der Waals surface area contributed by atoms with E-state index in [1.54, 1.807) is 0 Å². The summed E-state index contributed by atoms with van der Waals surface area (Å²) in [7, 11) is 0. The molecule has 2 aliphatic carbocycles. The average molecular weight is 265 g/mol. The predicted molar refractivity (Wildman–Crippen MR) is 75.0 cm³/mol. The van der Waals surface area contributed by atoms with Gasteiger partial charge in [0.05, 0.1) is 0 Å². The van der Waals surface area contributed by atoms with Crippen molar-refractivity contribution in [2.24, 2.45) is 11.8 Å². The van der Waals surface area contributed by atoms with Gasteiger partial charge in [-0.1, -0.05) is 6.92 Å². The summed E-state index contributed by atoms with van der Waals surface area (Å²) in [6.45, 7) is 4.44. The second-order valence-corrected chi connectivity index (χ2v) is 6.91. The third-order valence-electron chi connectivity index (χ3n) is 4.25. The van der Waals surface area contributed by atoms with E-state index in [4.69, 9.17) is 0 Å². The molecule has 0 saturated heterocycles. The molecule has 1 aromatic heterocycles. The third-order valence-corrected chi connectivity index (χ3v) is 5.39. The first kappa shape index (κ1) is 12.5. The number of hydrogen-bond acceptors (Lipinski definition) is 4. The molecule has 4 heteroatoms. The number of rotatable bonds is 7. The zero-order valence-corrected chi connectivity index (χ0v) is 12.0. The SMILES string of the molecule is CCCNCCCc1nnc(C2CC3CC3C2)s1. The van der Waals surface area contributed by atoms with Gasteiger partial charge in [0.15, 0.2) is 0 Å². The van der Waals surface area contributed by atoms with Crippen LogP contribution in [0, 0.1) is 11.8 Å². The Morgan fingerprint density at radius 1 is 1.17 bits per heavy atom. The van der Waals surface area contributed by atoms with Gasteiger partial charge in [-0.05, 0) is 57.0 Å². The van der Waals surface area contributed by atoms with Crippen LogP contribution >= 0.6 is 11.3 Å². The van der Waals surface area contributed by atoms with Crippen molar-refractivity contribution >= 4 is 11.3 Å². The third kappa shape index (κ3) is 2.91. The second kappa shape index (κ2) is 5.66. The molecule has 2 atom stereocenters. The van der Waals surface area contributed by atoms with Crippen LogP contribution in [-0.4, -0.2) is 23.3 Å². The molecule has 18 heavy (non-hydrogen) atoms. The molecule has 0 radical (unpaired) electrons. The van der Waals surface area contributed by atoms with E-state index in [0.29, 0.717) is 0 Å². The van der Waals surface area contributed by atoms with Crippen LogP contribution in [0.2, 0.25) is 0 Å². The molecule has 0 bridgehead atoms. The maximum absolute atomic E-state index is 4.42. The van der Waals surface area contributed by atoms with E-state index >= 15 is 0 Å². The summed E-state index contributed by atoms with van der Waals surface area (Å²) in [6.07, 6.45) is 7.76. The Morgan fingerprint density at radius 3 is 2.78 bits per heavy atom. The van der Waals surface area contributed by atoms with E-state index in [0.717, 1.165) is 37.3 Å². The van der Waals surface area contributed by atoms with Crippen molar-refractivity contribution in [1.82, 2.24) is 15.5 Å². The fourth-order valence-corrected chi connectivity index (χ4v) is 4.13. The van der Waals surface area contributed by atoms with Gasteiger partial charge in [0, 0.05) is 12.3 Å². The van der Waals surface area contributed by atoms with Crippen molar-refractivity contribution < 1.29 is 0 Å². The first-order valence-electron chi connectivity index (χ1n) is 7.39. The Bertz CT molecular complexity index is 380. The van der Waals surface area contributed by atoms with Crippen LogP contribution in [0.4, 0.5) is 0 Å². The molecule has 2 aliphatic rings. The lowest BCUT2D eigenvalue weighted by Gasteiger charge is -2.05. The largest absolute Gasteiger partial charge is 0.317 e. The number of nitrogens with one attached hydrogen (secondary N) is 1. The molecular formula is C14H23N3S. The molecule has 2 unspecified atom stereocenters. The fourth-order valence-electron chi connectivity index (χ4n) is 3.12. The van der Waals surface area contributed by atoms with Crippen molar-refractivity contribution in [3.8, 4) is 0 Å². The fraction of sp³-hybridized carbons (Fsp3) is 0.857. The van der Waals surface area contributed by atoms with Gasteiger partial charge >= 0.3 is 0 Å².